The number of carbonyl (C=O) groups is 1. The highest BCUT2D eigenvalue weighted by Crippen LogP contribution is 2.28. The summed E-state index contributed by atoms with van der Waals surface area (Å²) >= 11 is 9.21. The van der Waals surface area contributed by atoms with E-state index >= 15 is 0 Å². The highest BCUT2D eigenvalue weighted by Gasteiger charge is 2.14. The van der Waals surface area contributed by atoms with Crippen LogP contribution in [-0.2, 0) is 4.79 Å². The van der Waals surface area contributed by atoms with Gasteiger partial charge in [0.2, 0.25) is 0 Å². The maximum absolute atomic E-state index is 12.1. The lowest BCUT2D eigenvalue weighted by molar-refractivity contribution is -0.123. The molecule has 0 saturated heterocycles. The maximum atomic E-state index is 12.1. The van der Waals surface area contributed by atoms with Gasteiger partial charge in [0.05, 0.1) is 17.6 Å². The molecule has 122 valence electrons. The van der Waals surface area contributed by atoms with Crippen molar-refractivity contribution in [2.45, 2.75) is 13.0 Å². The summed E-state index contributed by atoms with van der Waals surface area (Å²) < 4.78 is 11.5. The van der Waals surface area contributed by atoms with Crippen molar-refractivity contribution in [2.75, 3.05) is 13.7 Å². The van der Waals surface area contributed by atoms with E-state index < -0.39 is 0 Å². The van der Waals surface area contributed by atoms with Crippen LogP contribution in [0.4, 0.5) is 0 Å². The average Bonchev–Trinajstić information content (AvgIpc) is 2.54. The Morgan fingerprint density at radius 3 is 2.70 bits per heavy atom. The Balaban J connectivity index is 1.94. The number of carbonyl (C=O) groups excluding carboxylic acids is 1. The van der Waals surface area contributed by atoms with E-state index in [9.17, 15) is 4.79 Å². The summed E-state index contributed by atoms with van der Waals surface area (Å²) in [5, 5.41) is 3.48. The van der Waals surface area contributed by atoms with Gasteiger partial charge in [-0.1, -0.05) is 29.8 Å². The molecule has 2 rings (SSSR count). The number of nitrogens with one attached hydrogen (secondary N) is 1. The second-order valence-electron chi connectivity index (χ2n) is 4.89. The summed E-state index contributed by atoms with van der Waals surface area (Å²) in [7, 11) is 1.61. The van der Waals surface area contributed by atoms with Crippen LogP contribution in [0.1, 0.15) is 18.5 Å². The predicted molar refractivity (Wildman–Crippen MR) is 94.2 cm³/mol. The number of para-hydroxylation sites is 1. The lowest BCUT2D eigenvalue weighted by atomic mass is 10.1. The van der Waals surface area contributed by atoms with Gasteiger partial charge < -0.3 is 14.8 Å². The number of ether oxygens (including phenoxy) is 2. The Morgan fingerprint density at radius 1 is 1.26 bits per heavy atom. The number of benzene rings is 2. The molecule has 23 heavy (non-hydrogen) atoms. The van der Waals surface area contributed by atoms with Crippen LogP contribution in [0.25, 0.3) is 0 Å². The van der Waals surface area contributed by atoms with E-state index in [-0.39, 0.29) is 18.6 Å². The summed E-state index contributed by atoms with van der Waals surface area (Å²) in [6, 6.07) is 12.5. The third kappa shape index (κ3) is 4.88. The normalized spacial score (nSPS) is 11.7. The molecule has 0 fully saturated rings. The first-order chi connectivity index (χ1) is 11.0. The van der Waals surface area contributed by atoms with Crippen molar-refractivity contribution in [1.29, 1.82) is 0 Å². The summed E-state index contributed by atoms with van der Waals surface area (Å²) in [5.74, 6) is 1.08. The molecule has 4 nitrogen and oxygen atoms in total. The number of rotatable bonds is 6. The number of hydrogen-bond acceptors (Lipinski definition) is 3. The molecule has 1 amide bonds. The summed E-state index contributed by atoms with van der Waals surface area (Å²) in [6.45, 7) is 1.81. The van der Waals surface area contributed by atoms with Crippen molar-refractivity contribution in [3.8, 4) is 11.5 Å². The molecule has 0 aromatic heterocycles. The average molecular weight is 399 g/mol. The van der Waals surface area contributed by atoms with E-state index in [0.717, 1.165) is 11.3 Å². The number of amides is 1. The molecule has 1 N–H and O–H groups in total. The van der Waals surface area contributed by atoms with Crippen LogP contribution in [-0.4, -0.2) is 19.6 Å². The maximum Gasteiger partial charge on any atom is 0.258 e. The van der Waals surface area contributed by atoms with Crippen LogP contribution < -0.4 is 14.8 Å². The summed E-state index contributed by atoms with van der Waals surface area (Å²) in [5.41, 5.74) is 0.913. The number of methoxy groups -OCH3 is 1. The van der Waals surface area contributed by atoms with Gasteiger partial charge >= 0.3 is 0 Å². The van der Waals surface area contributed by atoms with Crippen LogP contribution in [0, 0.1) is 0 Å². The minimum atomic E-state index is -0.217. The first-order valence-electron chi connectivity index (χ1n) is 7.01. The van der Waals surface area contributed by atoms with Crippen LogP contribution in [0.2, 0.25) is 5.02 Å². The fourth-order valence-electron chi connectivity index (χ4n) is 2.12. The van der Waals surface area contributed by atoms with Gasteiger partial charge in [-0.3, -0.25) is 4.79 Å². The molecule has 6 heteroatoms. The molecule has 2 aromatic rings. The number of halogens is 2. The van der Waals surface area contributed by atoms with E-state index in [1.165, 1.54) is 0 Å². The van der Waals surface area contributed by atoms with Gasteiger partial charge in [-0.15, -0.1) is 0 Å². The van der Waals surface area contributed by atoms with Crippen LogP contribution >= 0.6 is 27.5 Å². The molecule has 1 atom stereocenters. The quantitative estimate of drug-likeness (QED) is 0.786. The molecule has 0 radical (unpaired) electrons. The van der Waals surface area contributed by atoms with Gasteiger partial charge in [0.1, 0.15) is 11.5 Å². The summed E-state index contributed by atoms with van der Waals surface area (Å²) in [6.07, 6.45) is 0. The van der Waals surface area contributed by atoms with Crippen molar-refractivity contribution in [3.63, 3.8) is 0 Å². The standard InChI is InChI=1S/C17H17BrClNO3/c1-11(13-5-3-4-6-15(13)22-2)20-17(21)10-23-16-8-7-12(19)9-14(16)18/h3-9,11H,10H2,1-2H3,(H,20,21). The third-order valence-corrected chi connectivity index (χ3v) is 4.09. The first kappa shape index (κ1) is 17.6. The SMILES string of the molecule is COc1ccccc1C(C)NC(=O)COc1ccc(Cl)cc1Br. The Labute approximate surface area is 148 Å². The molecule has 0 aliphatic rings. The Hall–Kier alpha value is -1.72. The highest BCUT2D eigenvalue weighted by atomic mass is 79.9. The molecular weight excluding hydrogens is 382 g/mol. The van der Waals surface area contributed by atoms with E-state index in [0.29, 0.717) is 15.2 Å². The summed E-state index contributed by atoms with van der Waals surface area (Å²) in [4.78, 5) is 12.1. The highest BCUT2D eigenvalue weighted by molar-refractivity contribution is 9.10. The zero-order valence-corrected chi connectivity index (χ0v) is 15.1. The minimum Gasteiger partial charge on any atom is -0.496 e. The van der Waals surface area contributed by atoms with Crippen molar-refractivity contribution in [1.82, 2.24) is 5.32 Å². The topological polar surface area (TPSA) is 47.6 Å². The van der Waals surface area contributed by atoms with E-state index in [4.69, 9.17) is 21.1 Å². The molecule has 0 saturated carbocycles. The van der Waals surface area contributed by atoms with Gasteiger partial charge in [0, 0.05) is 10.6 Å². The molecule has 2 aromatic carbocycles. The smallest absolute Gasteiger partial charge is 0.258 e. The number of hydrogen-bond donors (Lipinski definition) is 1. The van der Waals surface area contributed by atoms with Gasteiger partial charge in [0.25, 0.3) is 5.91 Å². The third-order valence-electron chi connectivity index (χ3n) is 3.24. The lowest BCUT2D eigenvalue weighted by Crippen LogP contribution is -2.31. The fraction of sp³-hybridized carbons (Fsp3) is 0.235. The monoisotopic (exact) mass is 397 g/mol. The molecule has 0 bridgehead atoms. The molecule has 0 spiro atoms. The van der Waals surface area contributed by atoms with E-state index in [1.54, 1.807) is 25.3 Å². The van der Waals surface area contributed by atoms with Crippen molar-refractivity contribution >= 4 is 33.4 Å². The van der Waals surface area contributed by atoms with Gasteiger partial charge in [-0.2, -0.15) is 0 Å². The lowest BCUT2D eigenvalue weighted by Gasteiger charge is -2.17. The largest absolute Gasteiger partial charge is 0.496 e. The zero-order valence-electron chi connectivity index (χ0n) is 12.8. The molecule has 1 unspecified atom stereocenters. The van der Waals surface area contributed by atoms with Gasteiger partial charge in [-0.05, 0) is 47.1 Å². The second kappa shape index (κ2) is 8.22. The predicted octanol–water partition coefficient (Wildman–Crippen LogP) is 4.37. The second-order valence-corrected chi connectivity index (χ2v) is 6.19. The van der Waals surface area contributed by atoms with E-state index in [2.05, 4.69) is 21.2 Å². The zero-order chi connectivity index (χ0) is 16.8. The van der Waals surface area contributed by atoms with Crippen LogP contribution in [0.5, 0.6) is 11.5 Å². The van der Waals surface area contributed by atoms with Gasteiger partial charge in [-0.25, -0.2) is 0 Å². The van der Waals surface area contributed by atoms with E-state index in [1.807, 2.05) is 31.2 Å². The van der Waals surface area contributed by atoms with Crippen molar-refractivity contribution in [2.24, 2.45) is 0 Å². The van der Waals surface area contributed by atoms with Crippen LogP contribution in [0.15, 0.2) is 46.9 Å². The van der Waals surface area contributed by atoms with Crippen molar-refractivity contribution < 1.29 is 14.3 Å². The molecule has 0 aliphatic carbocycles. The van der Waals surface area contributed by atoms with Crippen LogP contribution in [0.3, 0.4) is 0 Å². The molecule has 0 heterocycles. The Bertz CT molecular complexity index is 693. The Kier molecular flexibility index (Phi) is 6.30. The first-order valence-corrected chi connectivity index (χ1v) is 8.18. The molecule has 0 aliphatic heterocycles. The fourth-order valence-corrected chi connectivity index (χ4v) is 2.92. The minimum absolute atomic E-state index is 0.0836. The van der Waals surface area contributed by atoms with Crippen molar-refractivity contribution in [3.05, 3.63) is 57.5 Å². The Morgan fingerprint density at radius 2 is 2.00 bits per heavy atom. The molecular formula is C17H17BrClNO3. The van der Waals surface area contributed by atoms with Gasteiger partial charge in [0.15, 0.2) is 6.61 Å².